The van der Waals surface area contributed by atoms with Crippen molar-refractivity contribution in [2.24, 2.45) is 0 Å². The number of aromatic nitrogens is 2. The minimum atomic E-state index is -0.431. The van der Waals surface area contributed by atoms with Gasteiger partial charge in [-0.3, -0.25) is 9.59 Å². The van der Waals surface area contributed by atoms with E-state index < -0.39 is 5.91 Å². The molecule has 0 aliphatic carbocycles. The van der Waals surface area contributed by atoms with Gasteiger partial charge >= 0.3 is 0 Å². The molecular formula is C20H16BrN3O4. The number of nitrogens with one attached hydrogen (secondary N) is 1. The van der Waals surface area contributed by atoms with E-state index >= 15 is 0 Å². The summed E-state index contributed by atoms with van der Waals surface area (Å²) in [7, 11) is 0. The number of anilines is 1. The Balaban J connectivity index is 1.57. The van der Waals surface area contributed by atoms with Crippen LogP contribution in [-0.2, 0) is 6.54 Å². The predicted molar refractivity (Wildman–Crippen MR) is 107 cm³/mol. The van der Waals surface area contributed by atoms with Gasteiger partial charge in [0.15, 0.2) is 11.5 Å². The zero-order valence-corrected chi connectivity index (χ0v) is 16.3. The maximum atomic E-state index is 12.7. The van der Waals surface area contributed by atoms with Gasteiger partial charge in [0.25, 0.3) is 11.5 Å². The van der Waals surface area contributed by atoms with Crippen LogP contribution in [0.15, 0.2) is 63.9 Å². The zero-order valence-electron chi connectivity index (χ0n) is 14.7. The van der Waals surface area contributed by atoms with Crippen LogP contribution in [-0.4, -0.2) is 28.9 Å². The second kappa shape index (κ2) is 7.85. The van der Waals surface area contributed by atoms with Crippen molar-refractivity contribution in [1.29, 1.82) is 0 Å². The van der Waals surface area contributed by atoms with Crippen LogP contribution in [0.1, 0.15) is 16.1 Å². The molecule has 0 unspecified atom stereocenters. The summed E-state index contributed by atoms with van der Waals surface area (Å²) in [6.45, 7) is 1.22. The van der Waals surface area contributed by atoms with E-state index in [2.05, 4.69) is 26.3 Å². The van der Waals surface area contributed by atoms with Crippen molar-refractivity contribution in [3.8, 4) is 11.5 Å². The highest BCUT2D eigenvalue weighted by molar-refractivity contribution is 9.10. The van der Waals surface area contributed by atoms with Crippen molar-refractivity contribution >= 4 is 27.5 Å². The van der Waals surface area contributed by atoms with E-state index in [1.165, 1.54) is 16.8 Å². The molecule has 4 rings (SSSR count). The van der Waals surface area contributed by atoms with Crippen molar-refractivity contribution in [3.63, 3.8) is 0 Å². The second-order valence-electron chi connectivity index (χ2n) is 6.13. The Bertz CT molecular complexity index is 1080. The van der Waals surface area contributed by atoms with Crippen molar-refractivity contribution in [3.05, 3.63) is 80.7 Å². The highest BCUT2D eigenvalue weighted by Gasteiger charge is 2.17. The highest BCUT2D eigenvalue weighted by atomic mass is 79.9. The second-order valence-corrected chi connectivity index (χ2v) is 6.98. The van der Waals surface area contributed by atoms with E-state index in [0.29, 0.717) is 34.9 Å². The normalized spacial score (nSPS) is 12.5. The van der Waals surface area contributed by atoms with Gasteiger partial charge in [-0.05, 0) is 27.6 Å². The molecule has 8 heteroatoms. The van der Waals surface area contributed by atoms with E-state index in [-0.39, 0.29) is 17.8 Å². The molecule has 28 heavy (non-hydrogen) atoms. The number of nitrogens with zero attached hydrogens (tertiary/aromatic N) is 2. The lowest BCUT2D eigenvalue weighted by molar-refractivity contribution is 0.101. The van der Waals surface area contributed by atoms with Gasteiger partial charge in [0.1, 0.15) is 18.9 Å². The highest BCUT2D eigenvalue weighted by Crippen LogP contribution is 2.38. The molecule has 1 aliphatic rings. The van der Waals surface area contributed by atoms with Gasteiger partial charge in [-0.2, -0.15) is 5.10 Å². The summed E-state index contributed by atoms with van der Waals surface area (Å²) >= 11 is 3.42. The van der Waals surface area contributed by atoms with E-state index in [1.54, 1.807) is 12.1 Å². The molecular weight excluding hydrogens is 426 g/mol. The first-order valence-corrected chi connectivity index (χ1v) is 9.42. The van der Waals surface area contributed by atoms with Gasteiger partial charge in [0.05, 0.1) is 12.2 Å². The van der Waals surface area contributed by atoms with Gasteiger partial charge in [0.2, 0.25) is 0 Å². The Kier molecular flexibility index (Phi) is 5.12. The molecule has 3 aromatic rings. The number of rotatable bonds is 4. The summed E-state index contributed by atoms with van der Waals surface area (Å²) in [5.41, 5.74) is 1.30. The van der Waals surface area contributed by atoms with Crippen LogP contribution in [0.4, 0.5) is 5.69 Å². The van der Waals surface area contributed by atoms with E-state index in [1.807, 2.05) is 30.3 Å². The molecule has 7 nitrogen and oxygen atoms in total. The fourth-order valence-electron chi connectivity index (χ4n) is 2.79. The van der Waals surface area contributed by atoms with E-state index in [4.69, 9.17) is 9.47 Å². The van der Waals surface area contributed by atoms with Crippen LogP contribution >= 0.6 is 15.9 Å². The Hall–Kier alpha value is -3.13. The predicted octanol–water partition coefficient (Wildman–Crippen LogP) is 3.08. The maximum absolute atomic E-state index is 12.7. The third kappa shape index (κ3) is 3.91. The van der Waals surface area contributed by atoms with Crippen LogP contribution in [0.5, 0.6) is 11.5 Å². The summed E-state index contributed by atoms with van der Waals surface area (Å²) in [5.74, 6) is 0.747. The summed E-state index contributed by atoms with van der Waals surface area (Å²) in [4.78, 5) is 24.8. The summed E-state index contributed by atoms with van der Waals surface area (Å²) < 4.78 is 13.0. The zero-order chi connectivity index (χ0) is 19.5. The van der Waals surface area contributed by atoms with Crippen LogP contribution in [0, 0.1) is 0 Å². The number of hydrogen-bond donors (Lipinski definition) is 1. The van der Waals surface area contributed by atoms with Crippen LogP contribution < -0.4 is 20.3 Å². The number of ether oxygens (including phenoxy) is 2. The first-order chi connectivity index (χ1) is 13.6. The molecule has 0 spiro atoms. The number of amides is 1. The van der Waals surface area contributed by atoms with Gasteiger partial charge in [-0.1, -0.05) is 30.3 Å². The smallest absolute Gasteiger partial charge is 0.276 e. The molecule has 1 N–H and O–H groups in total. The first kappa shape index (κ1) is 18.2. The topological polar surface area (TPSA) is 82.5 Å². The molecule has 2 aromatic carbocycles. The largest absolute Gasteiger partial charge is 0.486 e. The summed E-state index contributed by atoms with van der Waals surface area (Å²) in [5, 5.41) is 6.99. The minimum Gasteiger partial charge on any atom is -0.486 e. The minimum absolute atomic E-state index is 0.136. The molecule has 1 aromatic heterocycles. The molecule has 0 atom stereocenters. The van der Waals surface area contributed by atoms with Gasteiger partial charge < -0.3 is 14.8 Å². The van der Waals surface area contributed by atoms with Crippen molar-refractivity contribution < 1.29 is 14.3 Å². The summed E-state index contributed by atoms with van der Waals surface area (Å²) in [6.07, 6.45) is 0. The lowest BCUT2D eigenvalue weighted by Gasteiger charge is -2.20. The molecule has 0 radical (unpaired) electrons. The number of halogens is 1. The Labute approximate surface area is 169 Å². The number of hydrogen-bond acceptors (Lipinski definition) is 5. The standard InChI is InChI=1S/C20H16BrN3O4/c21-14-10-17-18(28-9-8-27-17)11-16(14)22-20(26)15-6-7-19(25)24(23-15)12-13-4-2-1-3-5-13/h1-7,10-11H,8-9,12H2,(H,22,26). The number of benzene rings is 2. The average molecular weight is 442 g/mol. The van der Waals surface area contributed by atoms with Crippen LogP contribution in [0.25, 0.3) is 0 Å². The lowest BCUT2D eigenvalue weighted by Crippen LogP contribution is -2.26. The Morgan fingerprint density at radius 2 is 1.79 bits per heavy atom. The molecule has 2 heterocycles. The van der Waals surface area contributed by atoms with E-state index in [9.17, 15) is 9.59 Å². The monoisotopic (exact) mass is 441 g/mol. The molecule has 1 amide bonds. The quantitative estimate of drug-likeness (QED) is 0.672. The molecule has 0 saturated heterocycles. The van der Waals surface area contributed by atoms with Crippen LogP contribution in [0.2, 0.25) is 0 Å². The molecule has 1 aliphatic heterocycles. The molecule has 0 saturated carbocycles. The number of carbonyl (C=O) groups excluding carboxylic acids is 1. The SMILES string of the molecule is O=C(Nc1cc2c(cc1Br)OCCO2)c1ccc(=O)n(Cc2ccccc2)n1. The maximum Gasteiger partial charge on any atom is 0.276 e. The van der Waals surface area contributed by atoms with Crippen LogP contribution in [0.3, 0.4) is 0 Å². The fraction of sp³-hybridized carbons (Fsp3) is 0.150. The molecule has 0 bridgehead atoms. The third-order valence-electron chi connectivity index (χ3n) is 4.15. The average Bonchev–Trinajstić information content (AvgIpc) is 2.71. The van der Waals surface area contributed by atoms with Gasteiger partial charge in [-0.15, -0.1) is 0 Å². The number of fused-ring (bicyclic) bond motifs is 1. The van der Waals surface area contributed by atoms with Crippen molar-refractivity contribution in [2.45, 2.75) is 6.54 Å². The Morgan fingerprint density at radius 3 is 2.54 bits per heavy atom. The van der Waals surface area contributed by atoms with Gasteiger partial charge in [0, 0.05) is 22.7 Å². The van der Waals surface area contributed by atoms with E-state index in [0.717, 1.165) is 5.56 Å². The Morgan fingerprint density at radius 1 is 1.07 bits per heavy atom. The fourth-order valence-corrected chi connectivity index (χ4v) is 3.21. The first-order valence-electron chi connectivity index (χ1n) is 8.63. The van der Waals surface area contributed by atoms with Crippen molar-refractivity contribution in [1.82, 2.24) is 9.78 Å². The number of carbonyl (C=O) groups is 1. The molecule has 0 fully saturated rings. The summed E-state index contributed by atoms with van der Waals surface area (Å²) in [6, 6.07) is 15.6. The molecule has 142 valence electrons. The third-order valence-corrected chi connectivity index (χ3v) is 4.81. The lowest BCUT2D eigenvalue weighted by atomic mass is 10.2. The van der Waals surface area contributed by atoms with Gasteiger partial charge in [-0.25, -0.2) is 4.68 Å². The van der Waals surface area contributed by atoms with Crippen molar-refractivity contribution in [2.75, 3.05) is 18.5 Å².